The van der Waals surface area contributed by atoms with E-state index in [9.17, 15) is 19.5 Å². The van der Waals surface area contributed by atoms with Crippen LogP contribution in [0.1, 0.15) is 258 Å². The van der Waals surface area contributed by atoms with Crippen LogP contribution in [0.3, 0.4) is 0 Å². The van der Waals surface area contributed by atoms with Gasteiger partial charge in [-0.25, -0.2) is 0 Å². The fourth-order valence-corrected chi connectivity index (χ4v) is 8.18. The van der Waals surface area contributed by atoms with E-state index in [4.69, 9.17) is 18.9 Å². The number of rotatable bonds is 53. The third kappa shape index (κ3) is 52.9. The molecule has 0 bridgehead atoms. The van der Waals surface area contributed by atoms with Crippen molar-refractivity contribution in [3.8, 4) is 0 Å². The molecule has 0 fully saturated rings. The Labute approximate surface area is 425 Å². The Morgan fingerprint density at radius 1 is 0.449 bits per heavy atom. The maximum absolute atomic E-state index is 12.9. The number of carbonyl (C=O) groups excluding carboxylic acids is 3. The Morgan fingerprint density at radius 2 is 0.826 bits per heavy atom. The highest BCUT2D eigenvalue weighted by Crippen LogP contribution is 2.17. The van der Waals surface area contributed by atoms with Crippen LogP contribution >= 0.6 is 0 Å². The van der Waals surface area contributed by atoms with Crippen molar-refractivity contribution in [2.24, 2.45) is 0 Å². The van der Waals surface area contributed by atoms with Gasteiger partial charge in [0.05, 0.1) is 40.3 Å². The van der Waals surface area contributed by atoms with E-state index in [0.717, 1.165) is 70.6 Å². The summed E-state index contributed by atoms with van der Waals surface area (Å²) in [5.74, 6) is -2.28. The molecular weight excluding hydrogens is 863 g/mol. The van der Waals surface area contributed by atoms with E-state index >= 15 is 0 Å². The number of quaternary nitrogens is 1. The number of esters is 2. The maximum atomic E-state index is 12.9. The molecule has 0 aromatic heterocycles. The lowest BCUT2D eigenvalue weighted by Crippen LogP contribution is -2.44. The SMILES string of the molecule is CC/C=C\C/C=C\C/C=C\C/C=C\CCCCCCCCCCC(=O)OC(COC(=O)CCCCCCCCCCCCCCCCCCCCCCCCC)COC(OCC[N+](C)(C)C)C(=O)[O-]. The van der Waals surface area contributed by atoms with Crippen molar-refractivity contribution in [3.05, 3.63) is 48.6 Å². The van der Waals surface area contributed by atoms with Gasteiger partial charge < -0.3 is 33.3 Å². The number of ether oxygens (including phenoxy) is 4. The number of likely N-dealkylation sites (N-methyl/N-ethyl adjacent to an activating group) is 1. The van der Waals surface area contributed by atoms with Gasteiger partial charge in [0.25, 0.3) is 0 Å². The summed E-state index contributed by atoms with van der Waals surface area (Å²) >= 11 is 0. The van der Waals surface area contributed by atoms with Gasteiger partial charge in [0.15, 0.2) is 12.4 Å². The van der Waals surface area contributed by atoms with Crippen molar-refractivity contribution < 1.29 is 42.9 Å². The van der Waals surface area contributed by atoms with Crippen molar-refractivity contribution >= 4 is 17.9 Å². The third-order valence-electron chi connectivity index (χ3n) is 12.6. The molecule has 2 unspecified atom stereocenters. The summed E-state index contributed by atoms with van der Waals surface area (Å²) in [6, 6.07) is 0. The number of carbonyl (C=O) groups is 3. The molecule has 2 atom stereocenters. The lowest BCUT2D eigenvalue weighted by Gasteiger charge is -2.26. The largest absolute Gasteiger partial charge is 0.545 e. The van der Waals surface area contributed by atoms with Crippen molar-refractivity contribution in [1.29, 1.82) is 0 Å². The molecule has 0 aromatic rings. The molecule has 0 aliphatic carbocycles. The predicted octanol–water partition coefficient (Wildman–Crippen LogP) is 15.3. The first-order chi connectivity index (χ1) is 33.6. The van der Waals surface area contributed by atoms with Crippen molar-refractivity contribution in [2.75, 3.05) is 47.5 Å². The molecule has 0 aromatic carbocycles. The minimum absolute atomic E-state index is 0.146. The molecule has 9 nitrogen and oxygen atoms in total. The summed E-state index contributed by atoms with van der Waals surface area (Å²) in [7, 11) is 5.92. The third-order valence-corrected chi connectivity index (χ3v) is 12.6. The van der Waals surface area contributed by atoms with Gasteiger partial charge in [0, 0.05) is 12.8 Å². The highest BCUT2D eigenvalue weighted by atomic mass is 16.7. The van der Waals surface area contributed by atoms with Crippen molar-refractivity contribution in [2.45, 2.75) is 270 Å². The summed E-state index contributed by atoms with van der Waals surface area (Å²) in [4.78, 5) is 37.3. The first-order valence-electron chi connectivity index (χ1n) is 28.8. The lowest BCUT2D eigenvalue weighted by molar-refractivity contribution is -0.870. The number of hydrogen-bond donors (Lipinski definition) is 0. The van der Waals surface area contributed by atoms with Gasteiger partial charge in [-0.3, -0.25) is 9.59 Å². The second kappa shape index (κ2) is 51.6. The molecule has 0 aliphatic rings. The van der Waals surface area contributed by atoms with E-state index in [0.29, 0.717) is 23.9 Å². The number of hydrogen-bond acceptors (Lipinski definition) is 8. The molecule has 0 amide bonds. The fraction of sp³-hybridized carbons (Fsp3) is 0.817. The lowest BCUT2D eigenvalue weighted by atomic mass is 10.0. The highest BCUT2D eigenvalue weighted by molar-refractivity contribution is 5.70. The summed E-state index contributed by atoms with van der Waals surface area (Å²) in [5.41, 5.74) is 0. The Hall–Kier alpha value is -2.75. The van der Waals surface area contributed by atoms with E-state index in [-0.39, 0.29) is 32.2 Å². The topological polar surface area (TPSA) is 111 Å². The first-order valence-corrected chi connectivity index (χ1v) is 28.8. The number of allylic oxidation sites excluding steroid dienone is 8. The van der Waals surface area contributed by atoms with Crippen LogP contribution in [0.15, 0.2) is 48.6 Å². The molecule has 0 N–H and O–H groups in total. The average Bonchev–Trinajstić information content (AvgIpc) is 3.31. The molecule has 9 heteroatoms. The number of unbranched alkanes of at least 4 members (excludes halogenated alkanes) is 30. The van der Waals surface area contributed by atoms with Crippen LogP contribution in [0.4, 0.5) is 0 Å². The molecule has 402 valence electrons. The summed E-state index contributed by atoms with van der Waals surface area (Å²) in [6.07, 6.45) is 60.1. The van der Waals surface area contributed by atoms with Gasteiger partial charge in [0.1, 0.15) is 13.2 Å². The standard InChI is InChI=1S/C60H109NO8/c1-6-8-10-12-14-16-18-20-22-24-26-28-29-31-32-34-36-38-40-42-44-46-48-50-57(62)67-54-56(55-68-60(59(64)65)66-53-52-61(3,4)5)69-58(63)51-49-47-45-43-41-39-37-35-33-30-27-25-23-21-19-17-15-13-11-9-7-2/h9,11,15,17,21,23,27,30,56,60H,6-8,10,12-14,16,18-20,22,24-26,28-29,31-55H2,1-5H3/b11-9-,17-15-,23-21-,30-27-. The van der Waals surface area contributed by atoms with Gasteiger partial charge in [-0.2, -0.15) is 0 Å². The summed E-state index contributed by atoms with van der Waals surface area (Å²) in [6.45, 7) is 4.66. The van der Waals surface area contributed by atoms with Crippen molar-refractivity contribution in [1.82, 2.24) is 0 Å². The number of carboxylic acid groups (broad SMARTS) is 1. The second-order valence-electron chi connectivity index (χ2n) is 20.6. The summed E-state index contributed by atoms with van der Waals surface area (Å²) < 4.78 is 22.7. The van der Waals surface area contributed by atoms with Crippen LogP contribution in [0, 0.1) is 0 Å². The zero-order valence-corrected chi connectivity index (χ0v) is 45.7. The van der Waals surface area contributed by atoms with Crippen LogP contribution < -0.4 is 5.11 Å². The monoisotopic (exact) mass is 972 g/mol. The van der Waals surface area contributed by atoms with E-state index in [1.165, 1.54) is 154 Å². The van der Waals surface area contributed by atoms with E-state index in [2.05, 4.69) is 62.5 Å². The zero-order valence-electron chi connectivity index (χ0n) is 45.7. The van der Waals surface area contributed by atoms with E-state index < -0.39 is 24.3 Å². The Morgan fingerprint density at radius 3 is 1.23 bits per heavy atom. The van der Waals surface area contributed by atoms with Gasteiger partial charge in [-0.1, -0.05) is 242 Å². The van der Waals surface area contributed by atoms with Crippen LogP contribution in [0.25, 0.3) is 0 Å². The minimum Gasteiger partial charge on any atom is -0.545 e. The fourth-order valence-electron chi connectivity index (χ4n) is 8.18. The number of aliphatic carboxylic acids is 1. The molecule has 0 radical (unpaired) electrons. The Balaban J connectivity index is 4.24. The molecule has 0 spiro atoms. The van der Waals surface area contributed by atoms with Crippen LogP contribution in [0.5, 0.6) is 0 Å². The van der Waals surface area contributed by atoms with Gasteiger partial charge in [0.2, 0.25) is 0 Å². The van der Waals surface area contributed by atoms with Gasteiger partial charge >= 0.3 is 11.9 Å². The molecule has 0 aliphatic heterocycles. The first kappa shape index (κ1) is 66.2. The normalized spacial score (nSPS) is 13.1. The maximum Gasteiger partial charge on any atom is 0.306 e. The Bertz CT molecular complexity index is 1270. The average molecular weight is 973 g/mol. The summed E-state index contributed by atoms with van der Waals surface area (Å²) in [5, 5.41) is 11.8. The molecular formula is C60H109NO8. The number of nitrogens with zero attached hydrogens (tertiary/aromatic N) is 1. The highest BCUT2D eigenvalue weighted by Gasteiger charge is 2.22. The van der Waals surface area contributed by atoms with Crippen molar-refractivity contribution in [3.63, 3.8) is 0 Å². The molecule has 0 saturated carbocycles. The van der Waals surface area contributed by atoms with E-state index in [1.807, 2.05) is 21.1 Å². The smallest absolute Gasteiger partial charge is 0.306 e. The Kier molecular flexibility index (Phi) is 49.5. The van der Waals surface area contributed by atoms with Gasteiger partial charge in [-0.15, -0.1) is 0 Å². The van der Waals surface area contributed by atoms with Crippen LogP contribution in [-0.2, 0) is 33.3 Å². The van der Waals surface area contributed by atoms with Crippen LogP contribution in [-0.4, -0.2) is 82.3 Å². The van der Waals surface area contributed by atoms with Gasteiger partial charge in [-0.05, 0) is 51.4 Å². The molecule has 69 heavy (non-hydrogen) atoms. The number of carboxylic acids is 1. The molecule has 0 heterocycles. The van der Waals surface area contributed by atoms with E-state index in [1.54, 1.807) is 0 Å². The van der Waals surface area contributed by atoms with Crippen LogP contribution in [0.2, 0.25) is 0 Å². The minimum atomic E-state index is -1.62. The molecule has 0 rings (SSSR count). The zero-order chi connectivity index (χ0) is 50.6. The second-order valence-corrected chi connectivity index (χ2v) is 20.6. The predicted molar refractivity (Wildman–Crippen MR) is 288 cm³/mol. The molecule has 0 saturated heterocycles. The quantitative estimate of drug-likeness (QED) is 0.0195.